The summed E-state index contributed by atoms with van der Waals surface area (Å²) in [6.07, 6.45) is 4.30. The molecule has 0 bridgehead atoms. The molecule has 4 nitrogen and oxygen atoms in total. The summed E-state index contributed by atoms with van der Waals surface area (Å²) in [6.45, 7) is 3.94. The highest BCUT2D eigenvalue weighted by atomic mass is 19.1. The molecule has 1 aromatic carbocycles. The van der Waals surface area contributed by atoms with E-state index in [1.807, 2.05) is 6.07 Å². The van der Waals surface area contributed by atoms with Crippen molar-refractivity contribution < 1.29 is 8.91 Å². The smallest absolute Gasteiger partial charge is 0.226 e. The maximum atomic E-state index is 13.6. The van der Waals surface area contributed by atoms with Crippen LogP contribution in [0.5, 0.6) is 0 Å². The Morgan fingerprint density at radius 3 is 2.90 bits per heavy atom. The van der Waals surface area contributed by atoms with Crippen LogP contribution in [0.1, 0.15) is 30.7 Å². The van der Waals surface area contributed by atoms with Crippen LogP contribution in [0.15, 0.2) is 22.7 Å². The van der Waals surface area contributed by atoms with Gasteiger partial charge in [-0.2, -0.15) is 4.98 Å². The van der Waals surface area contributed by atoms with E-state index >= 15 is 0 Å². The molecule has 0 atom stereocenters. The average molecular weight is 289 g/mol. The zero-order valence-electron chi connectivity index (χ0n) is 12.2. The lowest BCUT2D eigenvalue weighted by Gasteiger charge is -2.21. The molecular formula is C16H20FN3O. The normalized spacial score (nSPS) is 16.3. The van der Waals surface area contributed by atoms with Crippen molar-refractivity contribution in [3.8, 4) is 11.4 Å². The fourth-order valence-electron chi connectivity index (χ4n) is 2.70. The number of aryl methyl sites for hydroxylation is 2. The van der Waals surface area contributed by atoms with Gasteiger partial charge in [0.25, 0.3) is 0 Å². The Kier molecular flexibility index (Phi) is 4.29. The van der Waals surface area contributed by atoms with E-state index < -0.39 is 0 Å². The molecule has 1 aliphatic rings. The highest BCUT2D eigenvalue weighted by molar-refractivity contribution is 5.54. The van der Waals surface area contributed by atoms with Crippen molar-refractivity contribution >= 4 is 0 Å². The van der Waals surface area contributed by atoms with Crippen LogP contribution < -0.4 is 5.32 Å². The molecule has 0 radical (unpaired) electrons. The van der Waals surface area contributed by atoms with Crippen molar-refractivity contribution in [3.05, 3.63) is 35.5 Å². The Labute approximate surface area is 123 Å². The molecule has 0 aliphatic carbocycles. The molecule has 0 amide bonds. The Morgan fingerprint density at radius 1 is 1.33 bits per heavy atom. The Bertz CT molecular complexity index is 605. The number of piperidine rings is 1. The summed E-state index contributed by atoms with van der Waals surface area (Å²) in [5.41, 5.74) is 1.28. The number of nitrogens with one attached hydrogen (secondary N) is 1. The third-order valence-corrected chi connectivity index (χ3v) is 4.12. The first kappa shape index (κ1) is 14.2. The minimum Gasteiger partial charge on any atom is -0.339 e. The van der Waals surface area contributed by atoms with Crippen LogP contribution >= 0.6 is 0 Å². The number of nitrogens with zero attached hydrogens (tertiary/aromatic N) is 2. The standard InChI is InChI=1S/C16H20FN3O/c1-11-2-4-13(10-14(11)17)16-19-15(21-20-16)5-3-12-6-8-18-9-7-12/h2,4,10,12,18H,3,5-9H2,1H3. The predicted octanol–water partition coefficient (Wildman–Crippen LogP) is 3.12. The maximum Gasteiger partial charge on any atom is 0.226 e. The third kappa shape index (κ3) is 3.47. The minimum atomic E-state index is -0.242. The topological polar surface area (TPSA) is 51.0 Å². The second-order valence-electron chi connectivity index (χ2n) is 5.71. The Balaban J connectivity index is 1.63. The highest BCUT2D eigenvalue weighted by Gasteiger charge is 2.15. The van der Waals surface area contributed by atoms with Crippen molar-refractivity contribution in [2.75, 3.05) is 13.1 Å². The lowest BCUT2D eigenvalue weighted by molar-refractivity contribution is 0.324. The molecule has 3 rings (SSSR count). The first-order chi connectivity index (χ1) is 10.2. The first-order valence-corrected chi connectivity index (χ1v) is 7.52. The summed E-state index contributed by atoms with van der Waals surface area (Å²) in [5.74, 6) is 1.60. The lowest BCUT2D eigenvalue weighted by Crippen LogP contribution is -2.27. The summed E-state index contributed by atoms with van der Waals surface area (Å²) in [7, 11) is 0. The van der Waals surface area contributed by atoms with Crippen molar-refractivity contribution in [2.45, 2.75) is 32.6 Å². The number of rotatable bonds is 4. The van der Waals surface area contributed by atoms with Crippen LogP contribution in [-0.2, 0) is 6.42 Å². The fraction of sp³-hybridized carbons (Fsp3) is 0.500. The first-order valence-electron chi connectivity index (χ1n) is 7.52. The van der Waals surface area contributed by atoms with E-state index in [0.717, 1.165) is 31.8 Å². The maximum absolute atomic E-state index is 13.6. The summed E-state index contributed by atoms with van der Waals surface area (Å²) >= 11 is 0. The van der Waals surface area contributed by atoms with Gasteiger partial charge in [-0.3, -0.25) is 0 Å². The lowest BCUT2D eigenvalue weighted by atomic mass is 9.93. The van der Waals surface area contributed by atoms with Gasteiger partial charge in [0.05, 0.1) is 0 Å². The van der Waals surface area contributed by atoms with E-state index in [1.165, 1.54) is 18.9 Å². The van der Waals surface area contributed by atoms with Crippen molar-refractivity contribution in [1.29, 1.82) is 0 Å². The SMILES string of the molecule is Cc1ccc(-c2noc(CCC3CCNCC3)n2)cc1F. The van der Waals surface area contributed by atoms with Gasteiger partial charge in [-0.15, -0.1) is 0 Å². The number of hydrogen-bond acceptors (Lipinski definition) is 4. The molecule has 1 saturated heterocycles. The number of hydrogen-bond donors (Lipinski definition) is 1. The Morgan fingerprint density at radius 2 is 2.14 bits per heavy atom. The monoisotopic (exact) mass is 289 g/mol. The molecule has 2 heterocycles. The van der Waals surface area contributed by atoms with E-state index in [1.54, 1.807) is 13.0 Å². The zero-order chi connectivity index (χ0) is 14.7. The third-order valence-electron chi connectivity index (χ3n) is 4.12. The van der Waals surface area contributed by atoms with Gasteiger partial charge in [0, 0.05) is 12.0 Å². The van der Waals surface area contributed by atoms with E-state index in [2.05, 4.69) is 15.5 Å². The summed E-state index contributed by atoms with van der Waals surface area (Å²) in [5, 5.41) is 7.32. The zero-order valence-corrected chi connectivity index (χ0v) is 12.2. The molecule has 5 heteroatoms. The molecule has 1 aliphatic heterocycles. The van der Waals surface area contributed by atoms with Crippen LogP contribution in [0.25, 0.3) is 11.4 Å². The van der Waals surface area contributed by atoms with E-state index in [0.29, 0.717) is 22.8 Å². The van der Waals surface area contributed by atoms with Gasteiger partial charge in [0.1, 0.15) is 5.82 Å². The van der Waals surface area contributed by atoms with Crippen LogP contribution in [0.3, 0.4) is 0 Å². The summed E-state index contributed by atoms with van der Waals surface area (Å²) in [6, 6.07) is 5.01. The van der Waals surface area contributed by atoms with Gasteiger partial charge < -0.3 is 9.84 Å². The van der Waals surface area contributed by atoms with Gasteiger partial charge in [-0.25, -0.2) is 4.39 Å². The molecule has 1 fully saturated rings. The van der Waals surface area contributed by atoms with Gasteiger partial charge >= 0.3 is 0 Å². The van der Waals surface area contributed by atoms with Gasteiger partial charge in [0.15, 0.2) is 0 Å². The molecule has 0 unspecified atom stereocenters. The Hall–Kier alpha value is -1.75. The molecule has 0 spiro atoms. The van der Waals surface area contributed by atoms with E-state index in [-0.39, 0.29) is 5.82 Å². The molecule has 2 aromatic rings. The van der Waals surface area contributed by atoms with Crippen molar-refractivity contribution in [2.24, 2.45) is 5.92 Å². The highest BCUT2D eigenvalue weighted by Crippen LogP contribution is 2.21. The quantitative estimate of drug-likeness (QED) is 0.939. The largest absolute Gasteiger partial charge is 0.339 e. The van der Waals surface area contributed by atoms with Gasteiger partial charge in [0.2, 0.25) is 11.7 Å². The van der Waals surface area contributed by atoms with Gasteiger partial charge in [-0.05, 0) is 56.8 Å². The molecule has 21 heavy (non-hydrogen) atoms. The summed E-state index contributed by atoms with van der Waals surface area (Å²) < 4.78 is 18.9. The molecule has 1 N–H and O–H groups in total. The number of aromatic nitrogens is 2. The number of halogens is 1. The minimum absolute atomic E-state index is 0.242. The van der Waals surface area contributed by atoms with Crippen LogP contribution in [0, 0.1) is 18.7 Å². The van der Waals surface area contributed by atoms with E-state index in [9.17, 15) is 4.39 Å². The molecule has 0 saturated carbocycles. The molecular weight excluding hydrogens is 269 g/mol. The number of benzene rings is 1. The van der Waals surface area contributed by atoms with Gasteiger partial charge in [-0.1, -0.05) is 17.3 Å². The average Bonchev–Trinajstić information content (AvgIpc) is 2.98. The molecule has 112 valence electrons. The predicted molar refractivity (Wildman–Crippen MR) is 78.3 cm³/mol. The van der Waals surface area contributed by atoms with Crippen molar-refractivity contribution in [1.82, 2.24) is 15.5 Å². The van der Waals surface area contributed by atoms with Crippen LogP contribution in [0.2, 0.25) is 0 Å². The van der Waals surface area contributed by atoms with Crippen molar-refractivity contribution in [3.63, 3.8) is 0 Å². The second-order valence-corrected chi connectivity index (χ2v) is 5.71. The fourth-order valence-corrected chi connectivity index (χ4v) is 2.70. The van der Waals surface area contributed by atoms with Crippen LogP contribution in [0.4, 0.5) is 4.39 Å². The second kappa shape index (κ2) is 6.35. The summed E-state index contributed by atoms with van der Waals surface area (Å²) in [4.78, 5) is 4.38. The molecule has 1 aromatic heterocycles. The van der Waals surface area contributed by atoms with Crippen LogP contribution in [-0.4, -0.2) is 23.2 Å². The van der Waals surface area contributed by atoms with E-state index in [4.69, 9.17) is 4.52 Å².